The molecule has 1 fully saturated rings. The van der Waals surface area contributed by atoms with Crippen LogP contribution in [0.2, 0.25) is 0 Å². The molecule has 1 amide bonds. The number of rotatable bonds is 6. The van der Waals surface area contributed by atoms with E-state index in [0.717, 1.165) is 17.7 Å². The first kappa shape index (κ1) is 25.5. The van der Waals surface area contributed by atoms with Crippen LogP contribution in [0, 0.1) is 23.2 Å². The molecule has 12 heteroatoms. The molecule has 0 unspecified atom stereocenters. The summed E-state index contributed by atoms with van der Waals surface area (Å²) in [4.78, 5) is 14.1. The predicted octanol–water partition coefficient (Wildman–Crippen LogP) is 3.50. The van der Waals surface area contributed by atoms with E-state index in [0.29, 0.717) is 6.07 Å². The van der Waals surface area contributed by atoms with E-state index in [2.05, 4.69) is 4.72 Å². The van der Waals surface area contributed by atoms with Gasteiger partial charge in [0.1, 0.15) is 6.61 Å². The van der Waals surface area contributed by atoms with Gasteiger partial charge in [-0.15, -0.1) is 0 Å². The number of nitrogens with zero attached hydrogens (tertiary/aromatic N) is 2. The molecule has 2 heterocycles. The zero-order valence-corrected chi connectivity index (χ0v) is 19.5. The average Bonchev–Trinajstić information content (AvgIpc) is 2.86. The van der Waals surface area contributed by atoms with E-state index in [-0.39, 0.29) is 18.8 Å². The molecule has 36 heavy (non-hydrogen) atoms. The van der Waals surface area contributed by atoms with E-state index >= 15 is 0 Å². The summed E-state index contributed by atoms with van der Waals surface area (Å²) in [6.07, 6.45) is -2.26. The monoisotopic (exact) mass is 521 g/mol. The number of halogens is 3. The van der Waals surface area contributed by atoms with Crippen molar-refractivity contribution in [3.63, 3.8) is 0 Å². The van der Waals surface area contributed by atoms with Crippen LogP contribution in [-0.4, -0.2) is 49.0 Å². The molecule has 0 aromatic heterocycles. The molecule has 3 aliphatic rings. The summed E-state index contributed by atoms with van der Waals surface area (Å²) in [5, 5.41) is 17.8. The van der Waals surface area contributed by atoms with Crippen molar-refractivity contribution >= 4 is 21.8 Å². The molecule has 0 spiro atoms. The second-order valence-electron chi connectivity index (χ2n) is 8.56. The SMILES string of the molecule is N#Cc1ccc(NS(=O)(=O)[C@@H]2[C@H](CO)[C@H]3C=C[C@@H]2CN3C(=O)OCc2ccccc2)cc1C(F)(F)F. The number of nitrogens with one attached hydrogen (secondary N) is 1. The average molecular weight is 522 g/mol. The van der Waals surface area contributed by atoms with Crippen molar-refractivity contribution in [2.45, 2.75) is 24.1 Å². The van der Waals surface area contributed by atoms with Crippen molar-refractivity contribution in [2.75, 3.05) is 17.9 Å². The first-order chi connectivity index (χ1) is 17.0. The van der Waals surface area contributed by atoms with Crippen LogP contribution >= 0.6 is 0 Å². The molecule has 8 nitrogen and oxygen atoms in total. The van der Waals surface area contributed by atoms with Crippen LogP contribution in [0.15, 0.2) is 60.7 Å². The van der Waals surface area contributed by atoms with Gasteiger partial charge in [-0.05, 0) is 23.8 Å². The number of nitriles is 1. The summed E-state index contributed by atoms with van der Waals surface area (Å²) < 4.78 is 74.0. The summed E-state index contributed by atoms with van der Waals surface area (Å²) in [6, 6.07) is 12.2. The van der Waals surface area contributed by atoms with Gasteiger partial charge in [-0.1, -0.05) is 42.5 Å². The van der Waals surface area contributed by atoms with E-state index in [1.165, 1.54) is 11.0 Å². The van der Waals surface area contributed by atoms with Crippen molar-refractivity contribution in [3.05, 3.63) is 77.4 Å². The van der Waals surface area contributed by atoms with E-state index in [4.69, 9.17) is 10.00 Å². The lowest BCUT2D eigenvalue weighted by Crippen LogP contribution is -2.62. The molecule has 2 aromatic rings. The number of ether oxygens (including phenoxy) is 1. The van der Waals surface area contributed by atoms with Crippen LogP contribution in [0.5, 0.6) is 0 Å². The standard InChI is InChI=1S/C24H22F3N3O5S/c25-24(26,27)20-10-18(8-6-16(20)11-28)29-36(33,34)22-17-7-9-21(19(22)13-31)30(12-17)23(32)35-14-15-4-2-1-3-5-15/h1-10,17,19,21-22,29,31H,12-14H2/t17-,19-,21-,22+/m1/s1. The Morgan fingerprint density at radius 1 is 1.19 bits per heavy atom. The first-order valence-corrected chi connectivity index (χ1v) is 12.5. The molecule has 0 radical (unpaired) electrons. The Balaban J connectivity index is 1.53. The van der Waals surface area contributed by atoms with Crippen molar-refractivity contribution in [3.8, 4) is 6.07 Å². The van der Waals surface area contributed by atoms with Crippen LogP contribution in [-0.2, 0) is 27.5 Å². The Labute approximate surface area is 205 Å². The van der Waals surface area contributed by atoms with Gasteiger partial charge in [0.2, 0.25) is 10.0 Å². The van der Waals surface area contributed by atoms with E-state index in [1.807, 2.05) is 6.07 Å². The van der Waals surface area contributed by atoms with Crippen molar-refractivity contribution in [1.29, 1.82) is 5.26 Å². The topological polar surface area (TPSA) is 120 Å². The quantitative estimate of drug-likeness (QED) is 0.562. The van der Waals surface area contributed by atoms with Crippen molar-refractivity contribution in [1.82, 2.24) is 4.90 Å². The second-order valence-corrected chi connectivity index (χ2v) is 10.4. The number of aliphatic hydroxyl groups excluding tert-OH is 1. The maximum atomic E-state index is 13.3. The molecule has 2 bridgehead atoms. The summed E-state index contributed by atoms with van der Waals surface area (Å²) >= 11 is 0. The highest BCUT2D eigenvalue weighted by atomic mass is 32.2. The number of hydrogen-bond acceptors (Lipinski definition) is 6. The zero-order chi connectivity index (χ0) is 26.1. The van der Waals surface area contributed by atoms with E-state index < -0.39 is 63.2 Å². The minimum absolute atomic E-state index is 0.00195. The number of aliphatic hydroxyl groups is 1. The minimum Gasteiger partial charge on any atom is -0.445 e. The fraction of sp³-hybridized carbons (Fsp3) is 0.333. The lowest BCUT2D eigenvalue weighted by atomic mass is 9.77. The van der Waals surface area contributed by atoms with Crippen LogP contribution in [0.25, 0.3) is 0 Å². The van der Waals surface area contributed by atoms with Gasteiger partial charge >= 0.3 is 12.3 Å². The number of hydrogen-bond donors (Lipinski definition) is 2. The summed E-state index contributed by atoms with van der Waals surface area (Å²) in [5.74, 6) is -1.66. The fourth-order valence-corrected chi connectivity index (χ4v) is 6.65. The molecule has 2 aliphatic heterocycles. The maximum absolute atomic E-state index is 13.3. The summed E-state index contributed by atoms with van der Waals surface area (Å²) in [6.45, 7) is -0.566. The molecule has 1 saturated heterocycles. The third-order valence-electron chi connectivity index (χ3n) is 6.32. The molecule has 4 atom stereocenters. The Morgan fingerprint density at radius 2 is 1.92 bits per heavy atom. The van der Waals surface area contributed by atoms with E-state index in [9.17, 15) is 31.5 Å². The Kier molecular flexibility index (Phi) is 6.97. The lowest BCUT2D eigenvalue weighted by Gasteiger charge is -2.49. The van der Waals surface area contributed by atoms with Gasteiger partial charge in [0.05, 0.1) is 28.5 Å². The van der Waals surface area contributed by atoms with Gasteiger partial charge < -0.3 is 14.7 Å². The maximum Gasteiger partial charge on any atom is 0.417 e. The highest BCUT2D eigenvalue weighted by Crippen LogP contribution is 2.40. The summed E-state index contributed by atoms with van der Waals surface area (Å²) in [5.41, 5.74) is -1.49. The largest absolute Gasteiger partial charge is 0.445 e. The minimum atomic E-state index is -4.85. The molecule has 0 saturated carbocycles. The molecule has 2 aromatic carbocycles. The number of sulfonamides is 1. The number of fused-ring (bicyclic) bond motifs is 2. The van der Waals surface area contributed by atoms with Gasteiger partial charge in [0.25, 0.3) is 0 Å². The van der Waals surface area contributed by atoms with Crippen LogP contribution < -0.4 is 4.72 Å². The van der Waals surface area contributed by atoms with Gasteiger partial charge in [-0.3, -0.25) is 4.72 Å². The molecular formula is C24H22F3N3O5S. The van der Waals surface area contributed by atoms with Gasteiger partial charge in [-0.25, -0.2) is 13.2 Å². The van der Waals surface area contributed by atoms with Crippen molar-refractivity contribution in [2.24, 2.45) is 11.8 Å². The van der Waals surface area contributed by atoms with Crippen LogP contribution in [0.4, 0.5) is 23.7 Å². The highest BCUT2D eigenvalue weighted by Gasteiger charge is 2.52. The number of carbonyl (C=O) groups excluding carboxylic acids is 1. The number of amides is 1. The molecular weight excluding hydrogens is 499 g/mol. The summed E-state index contributed by atoms with van der Waals surface area (Å²) in [7, 11) is -4.31. The molecule has 5 rings (SSSR count). The van der Waals surface area contributed by atoms with Crippen LogP contribution in [0.1, 0.15) is 16.7 Å². The Bertz CT molecular complexity index is 1310. The Morgan fingerprint density at radius 3 is 2.56 bits per heavy atom. The lowest BCUT2D eigenvalue weighted by molar-refractivity contribution is -0.137. The van der Waals surface area contributed by atoms with Crippen LogP contribution in [0.3, 0.4) is 0 Å². The number of alkyl halides is 3. The van der Waals surface area contributed by atoms with Crippen molar-refractivity contribution < 1.29 is 36.2 Å². The molecule has 1 aliphatic carbocycles. The smallest absolute Gasteiger partial charge is 0.417 e. The Hall–Kier alpha value is -3.56. The third-order valence-corrected chi connectivity index (χ3v) is 8.26. The number of benzene rings is 2. The van der Waals surface area contributed by atoms with Gasteiger partial charge in [0, 0.05) is 30.7 Å². The second kappa shape index (κ2) is 9.83. The van der Waals surface area contributed by atoms with Gasteiger partial charge in [0.15, 0.2) is 0 Å². The zero-order valence-electron chi connectivity index (χ0n) is 18.7. The number of piperidine rings is 1. The van der Waals surface area contributed by atoms with Gasteiger partial charge in [-0.2, -0.15) is 18.4 Å². The van der Waals surface area contributed by atoms with E-state index in [1.54, 1.807) is 36.4 Å². The highest BCUT2D eigenvalue weighted by molar-refractivity contribution is 7.93. The molecule has 190 valence electrons. The predicted molar refractivity (Wildman–Crippen MR) is 123 cm³/mol. The third kappa shape index (κ3) is 5.03. The first-order valence-electron chi connectivity index (χ1n) is 10.9. The normalized spacial score (nSPS) is 23.2. The number of anilines is 1. The fourth-order valence-electron chi connectivity index (χ4n) is 4.71. The number of carbonyl (C=O) groups is 1. The molecule has 2 N–H and O–H groups in total.